The summed E-state index contributed by atoms with van der Waals surface area (Å²) < 4.78 is 0. The molecule has 0 atom stereocenters. The van der Waals surface area contributed by atoms with Gasteiger partial charge in [0.05, 0.1) is 0 Å². The molecule has 15 heavy (non-hydrogen) atoms. The number of rotatable bonds is 2. The summed E-state index contributed by atoms with van der Waals surface area (Å²) >= 11 is 0. The van der Waals surface area contributed by atoms with E-state index in [1.165, 1.54) is 16.3 Å². The van der Waals surface area contributed by atoms with Crippen LogP contribution in [-0.4, -0.2) is 19.0 Å². The quantitative estimate of drug-likeness (QED) is 0.755. The monoisotopic (exact) mass is 200 g/mol. The summed E-state index contributed by atoms with van der Waals surface area (Å²) in [6.07, 6.45) is 0. The van der Waals surface area contributed by atoms with Gasteiger partial charge in [0.1, 0.15) is 0 Å². The summed E-state index contributed by atoms with van der Waals surface area (Å²) in [6.45, 7) is 0.886. The molecule has 0 heterocycles. The van der Waals surface area contributed by atoms with E-state index >= 15 is 0 Å². The summed E-state index contributed by atoms with van der Waals surface area (Å²) in [6, 6.07) is 12.5. The van der Waals surface area contributed by atoms with Gasteiger partial charge in [-0.25, -0.2) is 0 Å². The number of hydrogen-bond donors (Lipinski definition) is 1. The molecule has 2 aromatic rings. The topological polar surface area (TPSA) is 29.3 Å². The fourth-order valence-corrected chi connectivity index (χ4v) is 1.78. The third kappa shape index (κ3) is 2.10. The third-order valence-electron chi connectivity index (χ3n) is 2.49. The normalized spacial score (nSPS) is 11.1. The second-order valence-corrected chi connectivity index (χ2v) is 4.14. The van der Waals surface area contributed by atoms with Crippen LogP contribution < -0.4 is 5.73 Å². The van der Waals surface area contributed by atoms with E-state index in [1.807, 2.05) is 12.1 Å². The van der Waals surface area contributed by atoms with E-state index < -0.39 is 0 Å². The molecule has 0 aliphatic rings. The van der Waals surface area contributed by atoms with Crippen molar-refractivity contribution in [3.8, 4) is 0 Å². The predicted molar refractivity (Wildman–Crippen MR) is 65.8 cm³/mol. The van der Waals surface area contributed by atoms with Gasteiger partial charge >= 0.3 is 0 Å². The molecule has 0 radical (unpaired) electrons. The molecule has 0 fully saturated rings. The number of nitrogens with two attached hydrogens (primary N) is 1. The molecule has 0 aliphatic heterocycles. The Bertz CT molecular complexity index is 475. The number of nitrogens with zero attached hydrogens (tertiary/aromatic N) is 1. The van der Waals surface area contributed by atoms with Crippen LogP contribution in [0, 0.1) is 0 Å². The highest BCUT2D eigenvalue weighted by Gasteiger charge is 2.02. The van der Waals surface area contributed by atoms with Crippen LogP contribution in [0.15, 0.2) is 36.4 Å². The maximum atomic E-state index is 6.01. The van der Waals surface area contributed by atoms with Crippen LogP contribution in [0.1, 0.15) is 5.56 Å². The lowest BCUT2D eigenvalue weighted by Gasteiger charge is -2.13. The predicted octanol–water partition coefficient (Wildman–Crippen LogP) is 2.48. The molecule has 0 unspecified atom stereocenters. The van der Waals surface area contributed by atoms with E-state index in [1.54, 1.807) is 0 Å². The first-order valence-corrected chi connectivity index (χ1v) is 5.08. The number of fused-ring (bicyclic) bond motifs is 1. The molecular formula is C13H16N2. The van der Waals surface area contributed by atoms with Crippen molar-refractivity contribution >= 4 is 16.5 Å². The van der Waals surface area contributed by atoms with Crippen molar-refractivity contribution in [2.45, 2.75) is 6.54 Å². The SMILES string of the molecule is CN(C)Cc1cc2ccccc2cc1N. The standard InChI is InChI=1S/C13H16N2/c1-15(2)9-12-7-10-5-3-4-6-11(10)8-13(12)14/h3-8H,9,14H2,1-2H3. The van der Waals surface area contributed by atoms with E-state index in [0.717, 1.165) is 12.2 Å². The Morgan fingerprint density at radius 2 is 1.67 bits per heavy atom. The Labute approximate surface area is 90.3 Å². The number of anilines is 1. The van der Waals surface area contributed by atoms with Crippen molar-refractivity contribution in [2.24, 2.45) is 0 Å². The Balaban J connectivity index is 2.52. The minimum Gasteiger partial charge on any atom is -0.398 e. The number of nitrogen functional groups attached to an aromatic ring is 1. The van der Waals surface area contributed by atoms with Gasteiger partial charge in [0.25, 0.3) is 0 Å². The van der Waals surface area contributed by atoms with Crippen LogP contribution in [0.2, 0.25) is 0 Å². The van der Waals surface area contributed by atoms with Gasteiger partial charge in [-0.3, -0.25) is 0 Å². The van der Waals surface area contributed by atoms with Crippen molar-refractivity contribution in [3.63, 3.8) is 0 Å². The lowest BCUT2D eigenvalue weighted by Crippen LogP contribution is -2.12. The lowest BCUT2D eigenvalue weighted by atomic mass is 10.0. The molecule has 78 valence electrons. The molecular weight excluding hydrogens is 184 g/mol. The minimum atomic E-state index is 0.877. The van der Waals surface area contributed by atoms with E-state index in [0.29, 0.717) is 0 Å². The van der Waals surface area contributed by atoms with Crippen LogP contribution in [0.5, 0.6) is 0 Å². The molecule has 2 rings (SSSR count). The second kappa shape index (κ2) is 3.91. The van der Waals surface area contributed by atoms with Crippen molar-refractivity contribution in [1.29, 1.82) is 0 Å². The van der Waals surface area contributed by atoms with Gasteiger partial charge in [-0.05, 0) is 42.6 Å². The lowest BCUT2D eigenvalue weighted by molar-refractivity contribution is 0.403. The third-order valence-corrected chi connectivity index (χ3v) is 2.49. The van der Waals surface area contributed by atoms with Crippen molar-refractivity contribution in [1.82, 2.24) is 4.90 Å². The first-order chi connectivity index (χ1) is 7.16. The van der Waals surface area contributed by atoms with Gasteiger partial charge in [0.15, 0.2) is 0 Å². The highest BCUT2D eigenvalue weighted by atomic mass is 15.0. The van der Waals surface area contributed by atoms with Crippen LogP contribution in [0.3, 0.4) is 0 Å². The summed E-state index contributed by atoms with van der Waals surface area (Å²) in [5.41, 5.74) is 8.08. The smallest absolute Gasteiger partial charge is 0.0366 e. The van der Waals surface area contributed by atoms with E-state index in [2.05, 4.69) is 43.3 Å². The molecule has 0 aromatic heterocycles. The highest BCUT2D eigenvalue weighted by molar-refractivity contribution is 5.86. The van der Waals surface area contributed by atoms with Crippen LogP contribution in [0.4, 0.5) is 5.69 Å². The molecule has 0 saturated heterocycles. The van der Waals surface area contributed by atoms with Gasteiger partial charge in [0.2, 0.25) is 0 Å². The molecule has 2 nitrogen and oxygen atoms in total. The summed E-state index contributed by atoms with van der Waals surface area (Å²) in [4.78, 5) is 2.13. The maximum Gasteiger partial charge on any atom is 0.0366 e. The van der Waals surface area contributed by atoms with Gasteiger partial charge in [-0.2, -0.15) is 0 Å². The second-order valence-electron chi connectivity index (χ2n) is 4.14. The Morgan fingerprint density at radius 3 is 2.27 bits per heavy atom. The van der Waals surface area contributed by atoms with E-state index in [-0.39, 0.29) is 0 Å². The minimum absolute atomic E-state index is 0.877. The zero-order valence-electron chi connectivity index (χ0n) is 9.20. The summed E-state index contributed by atoms with van der Waals surface area (Å²) in [7, 11) is 4.10. The molecule has 2 N–H and O–H groups in total. The highest BCUT2D eigenvalue weighted by Crippen LogP contribution is 2.22. The number of hydrogen-bond acceptors (Lipinski definition) is 2. The van der Waals surface area contributed by atoms with E-state index in [4.69, 9.17) is 5.73 Å². The number of benzene rings is 2. The first-order valence-electron chi connectivity index (χ1n) is 5.08. The van der Waals surface area contributed by atoms with E-state index in [9.17, 15) is 0 Å². The van der Waals surface area contributed by atoms with Gasteiger partial charge in [-0.15, -0.1) is 0 Å². The fourth-order valence-electron chi connectivity index (χ4n) is 1.78. The summed E-state index contributed by atoms with van der Waals surface area (Å²) in [5, 5.41) is 2.46. The molecule has 0 saturated carbocycles. The first kappa shape index (κ1) is 9.99. The average molecular weight is 200 g/mol. The van der Waals surface area contributed by atoms with Gasteiger partial charge in [0, 0.05) is 12.2 Å². The Kier molecular flexibility index (Phi) is 2.60. The van der Waals surface area contributed by atoms with Crippen molar-refractivity contribution in [2.75, 3.05) is 19.8 Å². The van der Waals surface area contributed by atoms with Gasteiger partial charge in [-0.1, -0.05) is 24.3 Å². The Morgan fingerprint density at radius 1 is 1.07 bits per heavy atom. The van der Waals surface area contributed by atoms with Crippen LogP contribution in [0.25, 0.3) is 10.8 Å². The fraction of sp³-hybridized carbons (Fsp3) is 0.231. The maximum absolute atomic E-state index is 6.01. The zero-order valence-corrected chi connectivity index (χ0v) is 9.20. The van der Waals surface area contributed by atoms with Crippen LogP contribution in [-0.2, 0) is 6.54 Å². The van der Waals surface area contributed by atoms with Crippen molar-refractivity contribution < 1.29 is 0 Å². The molecule has 0 aliphatic carbocycles. The molecule has 2 heteroatoms. The molecule has 0 amide bonds. The molecule has 2 aromatic carbocycles. The molecule has 0 bridgehead atoms. The van der Waals surface area contributed by atoms with Crippen LogP contribution >= 0.6 is 0 Å². The largest absolute Gasteiger partial charge is 0.398 e. The summed E-state index contributed by atoms with van der Waals surface area (Å²) in [5.74, 6) is 0. The average Bonchev–Trinajstić information content (AvgIpc) is 2.18. The Hall–Kier alpha value is -1.54. The van der Waals surface area contributed by atoms with Gasteiger partial charge < -0.3 is 10.6 Å². The van der Waals surface area contributed by atoms with Crippen molar-refractivity contribution in [3.05, 3.63) is 42.0 Å². The molecule has 0 spiro atoms. The zero-order chi connectivity index (χ0) is 10.8.